The summed E-state index contributed by atoms with van der Waals surface area (Å²) in [5, 5.41) is 4.87. The first-order valence-corrected chi connectivity index (χ1v) is 7.17. The third-order valence-electron chi connectivity index (χ3n) is 3.69. The highest BCUT2D eigenvalue weighted by Gasteiger charge is 2.10. The summed E-state index contributed by atoms with van der Waals surface area (Å²) in [6.45, 7) is 2.05. The highest BCUT2D eigenvalue weighted by Crippen LogP contribution is 2.22. The normalized spacial score (nSPS) is 11.0. The van der Waals surface area contributed by atoms with Gasteiger partial charge in [0.1, 0.15) is 5.52 Å². The smallest absolute Gasteiger partial charge is 0.258 e. The monoisotopic (exact) mass is 303 g/mol. The zero-order valence-electron chi connectivity index (χ0n) is 12.4. The van der Waals surface area contributed by atoms with Crippen molar-refractivity contribution in [2.24, 2.45) is 0 Å². The van der Waals surface area contributed by atoms with Gasteiger partial charge in [0, 0.05) is 18.0 Å². The van der Waals surface area contributed by atoms with Crippen LogP contribution in [0.4, 0.5) is 0 Å². The van der Waals surface area contributed by atoms with E-state index in [2.05, 4.69) is 39.1 Å². The van der Waals surface area contributed by atoms with Gasteiger partial charge in [-0.25, -0.2) is 14.6 Å². The van der Waals surface area contributed by atoms with E-state index in [1.807, 2.05) is 18.3 Å². The predicted octanol–water partition coefficient (Wildman–Crippen LogP) is 2.48. The Balaban J connectivity index is 1.87. The molecule has 0 spiro atoms. The second kappa shape index (κ2) is 5.17. The third kappa shape index (κ3) is 2.30. The summed E-state index contributed by atoms with van der Waals surface area (Å²) in [5.74, 6) is 0.535. The maximum absolute atomic E-state index is 11.9. The molecule has 0 aliphatic heterocycles. The maximum Gasteiger partial charge on any atom is 0.258 e. The van der Waals surface area contributed by atoms with E-state index in [0.717, 1.165) is 11.1 Å². The molecule has 1 aromatic carbocycles. The number of aromatic nitrogens is 5. The molecule has 0 saturated heterocycles. The molecule has 3 heterocycles. The predicted molar refractivity (Wildman–Crippen MR) is 87.5 cm³/mol. The molecule has 0 bridgehead atoms. The van der Waals surface area contributed by atoms with Gasteiger partial charge >= 0.3 is 0 Å². The van der Waals surface area contributed by atoms with Crippen molar-refractivity contribution in [2.45, 2.75) is 6.92 Å². The van der Waals surface area contributed by atoms with E-state index >= 15 is 0 Å². The second-order valence-electron chi connectivity index (χ2n) is 5.31. The molecule has 0 amide bonds. The lowest BCUT2D eigenvalue weighted by Gasteiger charge is -2.03. The molecule has 4 rings (SSSR count). The van der Waals surface area contributed by atoms with Crippen molar-refractivity contribution >= 4 is 10.9 Å². The van der Waals surface area contributed by atoms with Crippen LogP contribution in [0.1, 0.15) is 5.56 Å². The van der Waals surface area contributed by atoms with E-state index in [1.54, 1.807) is 23.1 Å². The first-order chi connectivity index (χ1) is 11.2. The van der Waals surface area contributed by atoms with Crippen LogP contribution in [0.5, 0.6) is 0 Å². The van der Waals surface area contributed by atoms with Gasteiger partial charge in [0.05, 0.1) is 17.9 Å². The summed E-state index contributed by atoms with van der Waals surface area (Å²) in [5.41, 5.74) is 3.59. The quantitative estimate of drug-likeness (QED) is 0.617. The summed E-state index contributed by atoms with van der Waals surface area (Å²) >= 11 is 0. The molecule has 4 aromatic rings. The molecule has 23 heavy (non-hydrogen) atoms. The second-order valence-corrected chi connectivity index (χ2v) is 5.31. The van der Waals surface area contributed by atoms with Crippen LogP contribution in [0.2, 0.25) is 0 Å². The van der Waals surface area contributed by atoms with Crippen molar-refractivity contribution in [3.8, 4) is 16.9 Å². The molecule has 0 saturated carbocycles. The number of aromatic amines is 1. The van der Waals surface area contributed by atoms with Crippen molar-refractivity contribution in [3.05, 3.63) is 71.2 Å². The van der Waals surface area contributed by atoms with Gasteiger partial charge in [-0.05, 0) is 18.6 Å². The Morgan fingerprint density at radius 3 is 2.91 bits per heavy atom. The summed E-state index contributed by atoms with van der Waals surface area (Å²) < 4.78 is 1.65. The number of aryl methyl sites for hydroxylation is 1. The van der Waals surface area contributed by atoms with Crippen molar-refractivity contribution in [2.75, 3.05) is 0 Å². The highest BCUT2D eigenvalue weighted by atomic mass is 16.1. The number of rotatable bonds is 2. The average Bonchev–Trinajstić information content (AvgIpc) is 3.05. The van der Waals surface area contributed by atoms with E-state index in [-0.39, 0.29) is 5.56 Å². The number of nitrogens with one attached hydrogen (secondary N) is 1. The number of H-pyrrole nitrogens is 1. The number of hydrogen-bond donors (Lipinski definition) is 1. The number of nitrogens with zero attached hydrogens (tertiary/aromatic N) is 4. The van der Waals surface area contributed by atoms with Crippen molar-refractivity contribution in [3.63, 3.8) is 0 Å². The molecule has 0 unspecified atom stereocenters. The molecule has 0 atom stereocenters. The Hall–Kier alpha value is -3.28. The molecule has 3 aromatic heterocycles. The van der Waals surface area contributed by atoms with E-state index in [1.165, 1.54) is 11.9 Å². The fourth-order valence-electron chi connectivity index (χ4n) is 2.57. The lowest BCUT2D eigenvalue weighted by atomic mass is 10.1. The SMILES string of the molecule is Cc1cccc(-c2cnn(-c3nccc4c(=O)[nH]cnc34)c2)c1. The minimum Gasteiger partial charge on any atom is -0.313 e. The zero-order valence-corrected chi connectivity index (χ0v) is 12.4. The van der Waals surface area contributed by atoms with Crippen LogP contribution in [-0.2, 0) is 0 Å². The molecular formula is C17H13N5O. The van der Waals surface area contributed by atoms with Crippen molar-refractivity contribution in [1.82, 2.24) is 24.7 Å². The van der Waals surface area contributed by atoms with E-state index in [9.17, 15) is 4.79 Å². The Morgan fingerprint density at radius 2 is 2.04 bits per heavy atom. The van der Waals surface area contributed by atoms with Gasteiger partial charge in [0.2, 0.25) is 0 Å². The minimum absolute atomic E-state index is 0.190. The molecule has 112 valence electrons. The zero-order chi connectivity index (χ0) is 15.8. The van der Waals surface area contributed by atoms with Gasteiger partial charge in [0.25, 0.3) is 5.56 Å². The van der Waals surface area contributed by atoms with Gasteiger partial charge in [-0.2, -0.15) is 5.10 Å². The first-order valence-electron chi connectivity index (χ1n) is 7.17. The van der Waals surface area contributed by atoms with Crippen LogP contribution >= 0.6 is 0 Å². The van der Waals surface area contributed by atoms with E-state index < -0.39 is 0 Å². The summed E-state index contributed by atoms with van der Waals surface area (Å²) in [7, 11) is 0. The fourth-order valence-corrected chi connectivity index (χ4v) is 2.57. The van der Waals surface area contributed by atoms with Crippen molar-refractivity contribution < 1.29 is 0 Å². The van der Waals surface area contributed by atoms with Gasteiger partial charge in [0.15, 0.2) is 5.82 Å². The van der Waals surface area contributed by atoms with E-state index in [0.29, 0.717) is 16.7 Å². The molecule has 0 fully saturated rings. The molecular weight excluding hydrogens is 290 g/mol. The number of fused-ring (bicyclic) bond motifs is 1. The molecule has 0 aliphatic rings. The lowest BCUT2D eigenvalue weighted by molar-refractivity contribution is 0.851. The van der Waals surface area contributed by atoms with Crippen LogP contribution < -0.4 is 5.56 Å². The molecule has 1 N–H and O–H groups in total. The Bertz CT molecular complexity index is 1060. The molecule has 0 aliphatic carbocycles. The Labute approximate surface area is 131 Å². The summed E-state index contributed by atoms with van der Waals surface area (Å²) in [6.07, 6.45) is 6.63. The van der Waals surface area contributed by atoms with Crippen LogP contribution in [-0.4, -0.2) is 24.7 Å². The highest BCUT2D eigenvalue weighted by molar-refractivity contribution is 5.83. The minimum atomic E-state index is -0.190. The maximum atomic E-state index is 11.9. The summed E-state index contributed by atoms with van der Waals surface area (Å²) in [6, 6.07) is 9.85. The fraction of sp³-hybridized carbons (Fsp3) is 0.0588. The van der Waals surface area contributed by atoms with Gasteiger partial charge in [-0.3, -0.25) is 4.79 Å². The van der Waals surface area contributed by atoms with Crippen LogP contribution in [0.3, 0.4) is 0 Å². The van der Waals surface area contributed by atoms with Crippen molar-refractivity contribution in [1.29, 1.82) is 0 Å². The third-order valence-corrected chi connectivity index (χ3v) is 3.69. The number of hydrogen-bond acceptors (Lipinski definition) is 4. The molecule has 0 radical (unpaired) electrons. The Morgan fingerprint density at radius 1 is 1.13 bits per heavy atom. The Kier molecular flexibility index (Phi) is 3.01. The van der Waals surface area contributed by atoms with Gasteiger partial charge in [-0.1, -0.05) is 29.8 Å². The number of pyridine rings is 1. The first kappa shape index (κ1) is 13.4. The van der Waals surface area contributed by atoms with Gasteiger partial charge < -0.3 is 4.98 Å². The van der Waals surface area contributed by atoms with E-state index in [4.69, 9.17) is 0 Å². The van der Waals surface area contributed by atoms with Crippen LogP contribution in [0.15, 0.2) is 60.0 Å². The standard InChI is InChI=1S/C17H13N5O/c1-11-3-2-4-12(7-11)13-8-21-22(9-13)16-15-14(5-6-18-16)17(23)20-10-19-15/h2-10H,1H3,(H,19,20,23). The van der Waals surface area contributed by atoms with Gasteiger partial charge in [-0.15, -0.1) is 0 Å². The largest absolute Gasteiger partial charge is 0.313 e. The molecule has 6 nitrogen and oxygen atoms in total. The average molecular weight is 303 g/mol. The van der Waals surface area contributed by atoms with Crippen LogP contribution in [0, 0.1) is 6.92 Å². The van der Waals surface area contributed by atoms with Crippen LogP contribution in [0.25, 0.3) is 27.8 Å². The number of benzene rings is 1. The summed E-state index contributed by atoms with van der Waals surface area (Å²) in [4.78, 5) is 23.0. The molecule has 6 heteroatoms. The lowest BCUT2D eigenvalue weighted by Crippen LogP contribution is -2.09. The topological polar surface area (TPSA) is 76.5 Å².